The SMILES string of the molecule is CC(C)C1NC(=O)C(C(C)C)N(CCC2=CCCC2)C1=O. The quantitative estimate of drug-likeness (QED) is 0.792. The molecule has 1 N–H and O–H groups in total. The van der Waals surface area contributed by atoms with E-state index >= 15 is 0 Å². The van der Waals surface area contributed by atoms with Crippen molar-refractivity contribution in [2.45, 2.75) is 65.5 Å². The smallest absolute Gasteiger partial charge is 0.246 e. The largest absolute Gasteiger partial charge is 0.342 e. The van der Waals surface area contributed by atoms with E-state index in [1.807, 2.05) is 32.6 Å². The van der Waals surface area contributed by atoms with Gasteiger partial charge in [0.1, 0.15) is 12.1 Å². The number of allylic oxidation sites excluding steroid dienone is 1. The number of carbonyl (C=O) groups excluding carboxylic acids is 2. The minimum Gasteiger partial charge on any atom is -0.342 e. The number of rotatable bonds is 5. The molecule has 0 aromatic carbocycles. The van der Waals surface area contributed by atoms with Gasteiger partial charge in [-0.25, -0.2) is 0 Å². The van der Waals surface area contributed by atoms with Crippen LogP contribution in [0.15, 0.2) is 11.6 Å². The molecular weight excluding hydrogens is 264 g/mol. The zero-order valence-electron chi connectivity index (χ0n) is 13.7. The molecule has 1 fully saturated rings. The van der Waals surface area contributed by atoms with Crippen LogP contribution in [-0.4, -0.2) is 35.3 Å². The van der Waals surface area contributed by atoms with Crippen LogP contribution in [0, 0.1) is 11.8 Å². The van der Waals surface area contributed by atoms with Crippen molar-refractivity contribution in [2.24, 2.45) is 11.8 Å². The number of hydrogen-bond acceptors (Lipinski definition) is 2. The molecule has 21 heavy (non-hydrogen) atoms. The summed E-state index contributed by atoms with van der Waals surface area (Å²) in [6, 6.07) is -0.695. The summed E-state index contributed by atoms with van der Waals surface area (Å²) in [5.74, 6) is 0.355. The molecule has 118 valence electrons. The topological polar surface area (TPSA) is 49.4 Å². The van der Waals surface area contributed by atoms with Crippen molar-refractivity contribution >= 4 is 11.8 Å². The summed E-state index contributed by atoms with van der Waals surface area (Å²) < 4.78 is 0. The van der Waals surface area contributed by atoms with E-state index in [0.717, 1.165) is 19.3 Å². The van der Waals surface area contributed by atoms with Gasteiger partial charge in [-0.3, -0.25) is 9.59 Å². The van der Waals surface area contributed by atoms with Crippen LogP contribution in [0.2, 0.25) is 0 Å². The Morgan fingerprint density at radius 3 is 2.48 bits per heavy atom. The molecule has 4 heteroatoms. The molecule has 0 saturated carbocycles. The van der Waals surface area contributed by atoms with Crippen molar-refractivity contribution in [3.05, 3.63) is 11.6 Å². The Morgan fingerprint density at radius 2 is 1.95 bits per heavy atom. The van der Waals surface area contributed by atoms with Gasteiger partial charge >= 0.3 is 0 Å². The molecule has 4 nitrogen and oxygen atoms in total. The Kier molecular flexibility index (Phi) is 5.07. The predicted molar refractivity (Wildman–Crippen MR) is 83.7 cm³/mol. The van der Waals surface area contributed by atoms with Gasteiger partial charge in [0.2, 0.25) is 11.8 Å². The maximum absolute atomic E-state index is 12.7. The highest BCUT2D eigenvalue weighted by atomic mass is 16.2. The minimum atomic E-state index is -0.370. The van der Waals surface area contributed by atoms with E-state index in [2.05, 4.69) is 11.4 Å². The first-order valence-corrected chi connectivity index (χ1v) is 8.20. The second-order valence-corrected chi connectivity index (χ2v) is 6.96. The molecule has 2 rings (SSSR count). The molecule has 2 atom stereocenters. The van der Waals surface area contributed by atoms with Crippen molar-refractivity contribution in [3.8, 4) is 0 Å². The van der Waals surface area contributed by atoms with Crippen molar-refractivity contribution in [1.29, 1.82) is 0 Å². The Morgan fingerprint density at radius 1 is 1.24 bits per heavy atom. The first-order valence-electron chi connectivity index (χ1n) is 8.20. The van der Waals surface area contributed by atoms with E-state index in [4.69, 9.17) is 0 Å². The summed E-state index contributed by atoms with van der Waals surface area (Å²) in [4.78, 5) is 26.9. The summed E-state index contributed by atoms with van der Waals surface area (Å²) in [5.41, 5.74) is 1.44. The highest BCUT2D eigenvalue weighted by Gasteiger charge is 2.42. The molecular formula is C17H28N2O2. The van der Waals surface area contributed by atoms with Crippen LogP contribution in [0.25, 0.3) is 0 Å². The second kappa shape index (κ2) is 6.63. The summed E-state index contributed by atoms with van der Waals surface area (Å²) in [6.45, 7) is 8.65. The highest BCUT2D eigenvalue weighted by molar-refractivity contribution is 5.97. The van der Waals surface area contributed by atoms with Gasteiger partial charge < -0.3 is 10.2 Å². The molecule has 2 aliphatic rings. The number of nitrogens with one attached hydrogen (secondary N) is 1. The van der Waals surface area contributed by atoms with Crippen LogP contribution in [0.3, 0.4) is 0 Å². The van der Waals surface area contributed by atoms with Gasteiger partial charge in [0.25, 0.3) is 0 Å². The Balaban J connectivity index is 2.13. The van der Waals surface area contributed by atoms with Gasteiger partial charge in [-0.15, -0.1) is 0 Å². The van der Waals surface area contributed by atoms with Gasteiger partial charge in [-0.05, 0) is 37.5 Å². The molecule has 0 spiro atoms. The third-order valence-electron chi connectivity index (χ3n) is 4.56. The van der Waals surface area contributed by atoms with E-state index in [9.17, 15) is 9.59 Å². The zero-order valence-corrected chi connectivity index (χ0v) is 13.7. The Labute approximate surface area is 128 Å². The molecule has 0 bridgehead atoms. The fourth-order valence-electron chi connectivity index (χ4n) is 3.35. The van der Waals surface area contributed by atoms with Crippen molar-refractivity contribution < 1.29 is 9.59 Å². The molecule has 0 aromatic heterocycles. The minimum absolute atomic E-state index is 0.00343. The molecule has 1 heterocycles. The standard InChI is InChI=1S/C17H28N2O2/c1-11(2)14-17(21)19(10-9-13-7-5-6-8-13)15(12(3)4)16(20)18-14/h7,11-12,14-15H,5-6,8-10H2,1-4H3,(H,18,20). The number of carbonyl (C=O) groups is 2. The van der Waals surface area contributed by atoms with Crippen molar-refractivity contribution in [2.75, 3.05) is 6.54 Å². The lowest BCUT2D eigenvalue weighted by Gasteiger charge is -2.42. The maximum Gasteiger partial charge on any atom is 0.246 e. The molecule has 1 aliphatic carbocycles. The average molecular weight is 292 g/mol. The maximum atomic E-state index is 12.7. The van der Waals surface area contributed by atoms with Gasteiger partial charge in [-0.1, -0.05) is 39.3 Å². The van der Waals surface area contributed by atoms with Gasteiger partial charge in [0.05, 0.1) is 0 Å². The van der Waals surface area contributed by atoms with E-state index in [0.29, 0.717) is 6.54 Å². The van der Waals surface area contributed by atoms with E-state index in [1.54, 1.807) is 0 Å². The number of hydrogen-bond donors (Lipinski definition) is 1. The third-order valence-corrected chi connectivity index (χ3v) is 4.56. The average Bonchev–Trinajstić information content (AvgIpc) is 2.91. The summed E-state index contributed by atoms with van der Waals surface area (Å²) in [5, 5.41) is 2.91. The van der Waals surface area contributed by atoms with Gasteiger partial charge in [0, 0.05) is 6.54 Å². The molecule has 2 unspecified atom stereocenters. The predicted octanol–water partition coefficient (Wildman–Crippen LogP) is 2.49. The normalized spacial score (nSPS) is 26.6. The number of amides is 2. The van der Waals surface area contributed by atoms with E-state index < -0.39 is 0 Å². The monoisotopic (exact) mass is 292 g/mol. The number of piperazine rings is 1. The van der Waals surface area contributed by atoms with Crippen LogP contribution in [-0.2, 0) is 9.59 Å². The Bertz CT molecular complexity index is 440. The molecule has 2 amide bonds. The zero-order chi connectivity index (χ0) is 15.6. The second-order valence-electron chi connectivity index (χ2n) is 6.96. The lowest BCUT2D eigenvalue weighted by atomic mass is 9.92. The van der Waals surface area contributed by atoms with Crippen LogP contribution in [0.5, 0.6) is 0 Å². The summed E-state index contributed by atoms with van der Waals surface area (Å²) in [6.07, 6.45) is 6.73. The van der Waals surface area contributed by atoms with E-state index in [-0.39, 0.29) is 35.7 Å². The van der Waals surface area contributed by atoms with Crippen LogP contribution in [0.1, 0.15) is 53.4 Å². The number of nitrogens with zero attached hydrogens (tertiary/aromatic N) is 1. The van der Waals surface area contributed by atoms with Crippen LogP contribution >= 0.6 is 0 Å². The first-order chi connectivity index (χ1) is 9.91. The lowest BCUT2D eigenvalue weighted by molar-refractivity contribution is -0.152. The molecule has 0 aromatic rings. The van der Waals surface area contributed by atoms with Crippen molar-refractivity contribution in [3.63, 3.8) is 0 Å². The van der Waals surface area contributed by atoms with Crippen LogP contribution in [0.4, 0.5) is 0 Å². The summed E-state index contributed by atoms with van der Waals surface area (Å²) >= 11 is 0. The van der Waals surface area contributed by atoms with Crippen LogP contribution < -0.4 is 5.32 Å². The molecule has 0 radical (unpaired) electrons. The summed E-state index contributed by atoms with van der Waals surface area (Å²) in [7, 11) is 0. The van der Waals surface area contributed by atoms with Crippen molar-refractivity contribution in [1.82, 2.24) is 10.2 Å². The fraction of sp³-hybridized carbons (Fsp3) is 0.765. The van der Waals surface area contributed by atoms with E-state index in [1.165, 1.54) is 12.0 Å². The van der Waals surface area contributed by atoms with Gasteiger partial charge in [-0.2, -0.15) is 0 Å². The lowest BCUT2D eigenvalue weighted by Crippen LogP contribution is -2.66. The Hall–Kier alpha value is -1.32. The molecule has 1 aliphatic heterocycles. The fourth-order valence-corrected chi connectivity index (χ4v) is 3.35. The van der Waals surface area contributed by atoms with Gasteiger partial charge in [0.15, 0.2) is 0 Å². The molecule has 1 saturated heterocycles. The third kappa shape index (κ3) is 3.47. The first kappa shape index (κ1) is 16.1. The highest BCUT2D eigenvalue weighted by Crippen LogP contribution is 2.25.